The Hall–Kier alpha value is -2.18. The van der Waals surface area contributed by atoms with Gasteiger partial charge < -0.3 is 10.4 Å². The number of carbonyl (C=O) groups excluding carboxylic acids is 1. The molecule has 134 valence electrons. The van der Waals surface area contributed by atoms with Crippen molar-refractivity contribution in [2.45, 2.75) is 25.3 Å². The molecule has 0 saturated carbocycles. The highest BCUT2D eigenvalue weighted by molar-refractivity contribution is 5.95. The van der Waals surface area contributed by atoms with Crippen LogP contribution in [-0.4, -0.2) is 58.0 Å². The van der Waals surface area contributed by atoms with Crippen molar-refractivity contribution in [3.8, 4) is 0 Å². The van der Waals surface area contributed by atoms with Crippen molar-refractivity contribution in [1.82, 2.24) is 20.0 Å². The number of carbonyl (C=O) groups is 1. The monoisotopic (exact) mass is 342 g/mol. The summed E-state index contributed by atoms with van der Waals surface area (Å²) in [6.45, 7) is 2.60. The Morgan fingerprint density at radius 2 is 2.16 bits per heavy atom. The molecule has 1 aliphatic rings. The molecule has 2 aromatic rings. The number of nitrogens with one attached hydrogen (secondary N) is 1. The summed E-state index contributed by atoms with van der Waals surface area (Å²) in [6.07, 6.45) is 4.35. The molecule has 3 rings (SSSR count). The van der Waals surface area contributed by atoms with Crippen molar-refractivity contribution in [2.24, 2.45) is 7.05 Å². The fourth-order valence-electron chi connectivity index (χ4n) is 3.43. The van der Waals surface area contributed by atoms with Gasteiger partial charge in [-0.2, -0.15) is 5.10 Å². The minimum Gasteiger partial charge on any atom is -0.395 e. The first kappa shape index (κ1) is 17.6. The second-order valence-corrected chi connectivity index (χ2v) is 6.63. The van der Waals surface area contributed by atoms with Crippen LogP contribution >= 0.6 is 0 Å². The Kier molecular flexibility index (Phi) is 5.83. The Bertz CT molecular complexity index is 697. The minimum absolute atomic E-state index is 0.0603. The van der Waals surface area contributed by atoms with Crippen molar-refractivity contribution < 1.29 is 9.90 Å². The number of aliphatic hydroxyl groups excluding tert-OH is 1. The third kappa shape index (κ3) is 4.46. The predicted octanol–water partition coefficient (Wildman–Crippen LogP) is 1.20. The van der Waals surface area contributed by atoms with E-state index in [1.165, 1.54) is 0 Å². The van der Waals surface area contributed by atoms with Gasteiger partial charge in [-0.25, -0.2) is 0 Å². The molecule has 1 amide bonds. The molecule has 1 atom stereocenters. The number of amides is 1. The summed E-state index contributed by atoms with van der Waals surface area (Å²) in [5, 5.41) is 16.5. The van der Waals surface area contributed by atoms with Crippen molar-refractivity contribution in [3.63, 3.8) is 0 Å². The highest BCUT2D eigenvalue weighted by atomic mass is 16.3. The van der Waals surface area contributed by atoms with E-state index in [1.54, 1.807) is 10.9 Å². The number of benzene rings is 1. The summed E-state index contributed by atoms with van der Waals surface area (Å²) in [4.78, 5) is 15.0. The number of likely N-dealkylation sites (tertiary alicyclic amines) is 1. The van der Waals surface area contributed by atoms with Crippen molar-refractivity contribution in [2.75, 3.05) is 26.2 Å². The number of β-amino-alcohol motifs (C(OH)–C–C–N with tert-alkyl or cyclic N) is 1. The van der Waals surface area contributed by atoms with Gasteiger partial charge in [0.15, 0.2) is 0 Å². The smallest absolute Gasteiger partial charge is 0.255 e. The molecular weight excluding hydrogens is 316 g/mol. The predicted molar refractivity (Wildman–Crippen MR) is 96.5 cm³/mol. The Balaban J connectivity index is 1.68. The van der Waals surface area contributed by atoms with Crippen molar-refractivity contribution in [1.29, 1.82) is 0 Å². The van der Waals surface area contributed by atoms with Crippen molar-refractivity contribution in [3.05, 3.63) is 53.3 Å². The molecule has 0 aliphatic carbocycles. The van der Waals surface area contributed by atoms with E-state index in [4.69, 9.17) is 5.11 Å². The summed E-state index contributed by atoms with van der Waals surface area (Å²) in [5.41, 5.74) is 2.73. The van der Waals surface area contributed by atoms with Gasteiger partial charge in [0, 0.05) is 32.6 Å². The summed E-state index contributed by atoms with van der Waals surface area (Å²) in [7, 11) is 1.87. The lowest BCUT2D eigenvalue weighted by Crippen LogP contribution is -2.48. The molecule has 0 bridgehead atoms. The van der Waals surface area contributed by atoms with E-state index >= 15 is 0 Å². The van der Waals surface area contributed by atoms with Gasteiger partial charge in [0.05, 0.1) is 24.1 Å². The number of piperidine rings is 1. The van der Waals surface area contributed by atoms with Gasteiger partial charge in [0.1, 0.15) is 0 Å². The van der Waals surface area contributed by atoms with Crippen LogP contribution in [0.5, 0.6) is 0 Å². The third-order valence-electron chi connectivity index (χ3n) is 4.78. The number of nitrogens with zero attached hydrogens (tertiary/aromatic N) is 3. The van der Waals surface area contributed by atoms with Gasteiger partial charge >= 0.3 is 0 Å². The summed E-state index contributed by atoms with van der Waals surface area (Å²) >= 11 is 0. The standard InChI is InChI=1S/C19H26N4O2/c1-22-18(12-15-6-3-2-4-7-15)17(13-20-22)19(25)21-16-8-5-9-23(14-16)10-11-24/h2-4,6-7,13,16,24H,5,8-12,14H2,1H3,(H,21,25)/t16-/m1/s1. The molecule has 6 nitrogen and oxygen atoms in total. The maximum Gasteiger partial charge on any atom is 0.255 e. The molecule has 25 heavy (non-hydrogen) atoms. The highest BCUT2D eigenvalue weighted by Crippen LogP contribution is 2.15. The zero-order chi connectivity index (χ0) is 17.6. The molecule has 1 aliphatic heterocycles. The molecule has 1 aromatic carbocycles. The lowest BCUT2D eigenvalue weighted by Gasteiger charge is -2.32. The van der Waals surface area contributed by atoms with Crippen LogP contribution < -0.4 is 5.32 Å². The zero-order valence-corrected chi connectivity index (χ0v) is 14.7. The van der Waals surface area contributed by atoms with Crippen LogP contribution in [0.25, 0.3) is 0 Å². The van der Waals surface area contributed by atoms with Gasteiger partial charge in [-0.3, -0.25) is 14.4 Å². The molecule has 6 heteroatoms. The van der Waals surface area contributed by atoms with E-state index in [2.05, 4.69) is 27.4 Å². The second-order valence-electron chi connectivity index (χ2n) is 6.63. The second kappa shape index (κ2) is 8.27. The van der Waals surface area contributed by atoms with Crippen molar-refractivity contribution >= 4 is 5.91 Å². The van der Waals surface area contributed by atoms with Crippen LogP contribution in [0.15, 0.2) is 36.5 Å². The SMILES string of the molecule is Cn1ncc(C(=O)N[C@@H]2CCCN(CCO)C2)c1Cc1ccccc1. The average Bonchev–Trinajstić information content (AvgIpc) is 2.97. The van der Waals surface area contributed by atoms with Crippen LogP contribution in [0, 0.1) is 0 Å². The van der Waals surface area contributed by atoms with Crippen LogP contribution in [0.4, 0.5) is 0 Å². The quantitative estimate of drug-likeness (QED) is 0.827. The van der Waals surface area contributed by atoms with E-state index in [-0.39, 0.29) is 18.6 Å². The third-order valence-corrected chi connectivity index (χ3v) is 4.78. The molecule has 2 heterocycles. The number of hydrogen-bond acceptors (Lipinski definition) is 4. The molecular formula is C19H26N4O2. The fourth-order valence-corrected chi connectivity index (χ4v) is 3.43. The van der Waals surface area contributed by atoms with Crippen LogP contribution in [-0.2, 0) is 13.5 Å². The first-order chi connectivity index (χ1) is 12.2. The minimum atomic E-state index is -0.0603. The molecule has 1 fully saturated rings. The van der Waals surface area contributed by atoms with Gasteiger partial charge in [0.2, 0.25) is 0 Å². The van der Waals surface area contributed by atoms with Crippen LogP contribution in [0.2, 0.25) is 0 Å². The summed E-state index contributed by atoms with van der Waals surface area (Å²) in [6, 6.07) is 10.2. The zero-order valence-electron chi connectivity index (χ0n) is 14.7. The fraction of sp³-hybridized carbons (Fsp3) is 0.474. The van der Waals surface area contributed by atoms with E-state index in [0.29, 0.717) is 18.5 Å². The highest BCUT2D eigenvalue weighted by Gasteiger charge is 2.23. The van der Waals surface area contributed by atoms with E-state index < -0.39 is 0 Å². The molecule has 2 N–H and O–H groups in total. The van der Waals surface area contributed by atoms with E-state index in [0.717, 1.165) is 37.2 Å². The normalized spacial score (nSPS) is 18.2. The molecule has 1 saturated heterocycles. The lowest BCUT2D eigenvalue weighted by atomic mass is 10.0. The van der Waals surface area contributed by atoms with Crippen LogP contribution in [0.1, 0.15) is 34.5 Å². The number of aryl methyl sites for hydroxylation is 1. The molecule has 0 spiro atoms. The van der Waals surface area contributed by atoms with Gasteiger partial charge in [-0.05, 0) is 24.9 Å². The average molecular weight is 342 g/mol. The summed E-state index contributed by atoms with van der Waals surface area (Å²) < 4.78 is 1.78. The molecule has 0 unspecified atom stereocenters. The van der Waals surface area contributed by atoms with E-state index in [9.17, 15) is 4.79 Å². The Labute approximate surface area is 148 Å². The van der Waals surface area contributed by atoms with Gasteiger partial charge in [-0.1, -0.05) is 30.3 Å². The first-order valence-corrected chi connectivity index (χ1v) is 8.86. The van der Waals surface area contributed by atoms with Gasteiger partial charge in [0.25, 0.3) is 5.91 Å². The number of aliphatic hydroxyl groups is 1. The largest absolute Gasteiger partial charge is 0.395 e. The Morgan fingerprint density at radius 1 is 1.36 bits per heavy atom. The lowest BCUT2D eigenvalue weighted by molar-refractivity contribution is 0.0893. The van der Waals surface area contributed by atoms with E-state index in [1.807, 2.05) is 25.2 Å². The maximum atomic E-state index is 12.8. The molecule has 0 radical (unpaired) electrons. The first-order valence-electron chi connectivity index (χ1n) is 8.86. The van der Waals surface area contributed by atoms with Crippen LogP contribution in [0.3, 0.4) is 0 Å². The number of rotatable bonds is 6. The topological polar surface area (TPSA) is 70.4 Å². The number of hydrogen-bond donors (Lipinski definition) is 2. The number of aromatic nitrogens is 2. The van der Waals surface area contributed by atoms with Gasteiger partial charge in [-0.15, -0.1) is 0 Å². The molecule has 1 aromatic heterocycles. The Morgan fingerprint density at radius 3 is 2.92 bits per heavy atom. The maximum absolute atomic E-state index is 12.8. The summed E-state index contributed by atoms with van der Waals surface area (Å²) in [5.74, 6) is -0.0603.